The summed E-state index contributed by atoms with van der Waals surface area (Å²) in [5, 5.41) is 2.23. The molecule has 1 fully saturated rings. The number of nitrogens with zero attached hydrogens (tertiary/aromatic N) is 3. The number of fused-ring (bicyclic) bond motifs is 1. The van der Waals surface area contributed by atoms with Crippen LogP contribution in [-0.2, 0) is 4.79 Å². The molecule has 0 aromatic heterocycles. The predicted molar refractivity (Wildman–Crippen MR) is 116 cm³/mol. The molecule has 1 saturated heterocycles. The second-order valence-electron chi connectivity index (χ2n) is 5.95. The van der Waals surface area contributed by atoms with Crippen molar-refractivity contribution < 1.29 is 4.79 Å². The van der Waals surface area contributed by atoms with Gasteiger partial charge in [-0.05, 0) is 49.9 Å². The minimum atomic E-state index is 0.00191. The zero-order valence-electron chi connectivity index (χ0n) is 15.0. The topological polar surface area (TPSA) is 35.9 Å². The van der Waals surface area contributed by atoms with Crippen LogP contribution >= 0.6 is 35.1 Å². The summed E-state index contributed by atoms with van der Waals surface area (Å²) in [5.41, 5.74) is 1.83. The number of amidine groups is 1. The van der Waals surface area contributed by atoms with Crippen molar-refractivity contribution in [2.24, 2.45) is 4.99 Å². The van der Waals surface area contributed by atoms with Crippen molar-refractivity contribution in [1.29, 1.82) is 0 Å². The number of thioether (sulfide) groups is 2. The maximum absolute atomic E-state index is 13.1. The van der Waals surface area contributed by atoms with Gasteiger partial charge in [-0.25, -0.2) is 4.99 Å². The van der Waals surface area contributed by atoms with Crippen LogP contribution in [0.25, 0.3) is 0 Å². The smallest absolute Gasteiger partial charge is 0.269 e. The van der Waals surface area contributed by atoms with E-state index in [9.17, 15) is 4.79 Å². The summed E-state index contributed by atoms with van der Waals surface area (Å²) >= 11 is 9.33. The molecule has 2 aromatic rings. The van der Waals surface area contributed by atoms with Crippen LogP contribution in [0.1, 0.15) is 13.8 Å². The lowest BCUT2D eigenvalue weighted by molar-refractivity contribution is -0.122. The summed E-state index contributed by atoms with van der Waals surface area (Å²) in [6.45, 7) is 5.43. The molecule has 0 N–H and O–H groups in total. The maximum atomic E-state index is 13.1. The fourth-order valence-electron chi connectivity index (χ4n) is 3.06. The molecule has 0 atom stereocenters. The molecule has 27 heavy (non-hydrogen) atoms. The summed E-state index contributed by atoms with van der Waals surface area (Å²) in [5.74, 6) is 0.00191. The number of rotatable bonds is 3. The molecule has 0 radical (unpaired) electrons. The van der Waals surface area contributed by atoms with E-state index in [1.807, 2.05) is 37.3 Å². The minimum Gasteiger partial charge on any atom is -0.334 e. The average molecular weight is 416 g/mol. The molecule has 2 aromatic carbocycles. The molecular weight excluding hydrogens is 398 g/mol. The van der Waals surface area contributed by atoms with E-state index >= 15 is 0 Å². The number of hydrogen-bond acceptors (Lipinski definition) is 5. The van der Waals surface area contributed by atoms with Crippen molar-refractivity contribution in [3.8, 4) is 0 Å². The van der Waals surface area contributed by atoms with E-state index in [0.717, 1.165) is 22.2 Å². The number of aliphatic imine (C=N–C) groups is 1. The van der Waals surface area contributed by atoms with Crippen molar-refractivity contribution in [2.75, 3.05) is 18.0 Å². The third kappa shape index (κ3) is 3.26. The van der Waals surface area contributed by atoms with Crippen LogP contribution in [0.3, 0.4) is 0 Å². The van der Waals surface area contributed by atoms with Gasteiger partial charge in [-0.2, -0.15) is 0 Å². The zero-order valence-corrected chi connectivity index (χ0v) is 17.4. The van der Waals surface area contributed by atoms with Crippen molar-refractivity contribution in [1.82, 2.24) is 4.90 Å². The van der Waals surface area contributed by atoms with Gasteiger partial charge in [0.25, 0.3) is 5.91 Å². The number of carbonyl (C=O) groups is 1. The van der Waals surface area contributed by atoms with E-state index in [1.165, 1.54) is 16.7 Å². The summed E-state index contributed by atoms with van der Waals surface area (Å²) in [4.78, 5) is 23.6. The number of likely N-dealkylation sites (N-methyl/N-ethyl adjacent to an activating group) is 1. The molecule has 1 amide bonds. The molecule has 0 saturated carbocycles. The molecule has 138 valence electrons. The van der Waals surface area contributed by atoms with Crippen LogP contribution < -0.4 is 4.90 Å². The average Bonchev–Trinajstić information content (AvgIpc) is 3.20. The van der Waals surface area contributed by atoms with Crippen LogP contribution in [0.5, 0.6) is 0 Å². The number of anilines is 1. The number of halogens is 1. The van der Waals surface area contributed by atoms with Crippen molar-refractivity contribution in [3.63, 3.8) is 0 Å². The SMILES string of the molecule is CCN1C(=O)/C(=C2/Sc3ccccc3N2CC)SC1=Nc1ccccc1Cl. The van der Waals surface area contributed by atoms with E-state index in [2.05, 4.69) is 28.9 Å². The highest BCUT2D eigenvalue weighted by molar-refractivity contribution is 8.19. The Morgan fingerprint density at radius 2 is 1.67 bits per heavy atom. The molecule has 0 spiro atoms. The number of para-hydroxylation sites is 2. The molecule has 2 aliphatic rings. The quantitative estimate of drug-likeness (QED) is 0.600. The first-order valence-electron chi connectivity index (χ1n) is 8.75. The van der Waals surface area contributed by atoms with Crippen molar-refractivity contribution in [3.05, 3.63) is 63.5 Å². The Bertz CT molecular complexity index is 973. The largest absolute Gasteiger partial charge is 0.334 e. The Morgan fingerprint density at radius 3 is 2.41 bits per heavy atom. The highest BCUT2D eigenvalue weighted by Crippen LogP contribution is 2.50. The lowest BCUT2D eigenvalue weighted by atomic mass is 10.3. The second-order valence-corrected chi connectivity index (χ2v) is 8.36. The summed E-state index contributed by atoms with van der Waals surface area (Å²) in [6, 6.07) is 15.7. The first-order chi connectivity index (χ1) is 13.1. The van der Waals surface area contributed by atoms with E-state index in [4.69, 9.17) is 11.6 Å². The van der Waals surface area contributed by atoms with Crippen LogP contribution in [0.15, 0.2) is 68.4 Å². The van der Waals surface area contributed by atoms with Gasteiger partial charge in [-0.3, -0.25) is 9.69 Å². The number of hydrogen-bond donors (Lipinski definition) is 0. The fourth-order valence-corrected chi connectivity index (χ4v) is 5.69. The molecular formula is C20H18ClN3OS2. The van der Waals surface area contributed by atoms with Gasteiger partial charge < -0.3 is 4.90 Å². The Kier molecular flexibility index (Phi) is 5.21. The first kappa shape index (κ1) is 18.5. The molecule has 2 heterocycles. The Hall–Kier alpha value is -1.89. The molecule has 7 heteroatoms. The third-order valence-corrected chi connectivity index (χ3v) is 7.06. The lowest BCUT2D eigenvalue weighted by Gasteiger charge is -2.19. The standard InChI is InChI=1S/C20H18ClN3OS2/c1-3-23-15-11-7-8-12-16(15)26-19(23)17-18(25)24(4-2)20(27-17)22-14-10-6-5-9-13(14)21/h5-12H,3-4H2,1-2H3/b19-17-,22-20?. The Morgan fingerprint density at radius 1 is 0.963 bits per heavy atom. The van der Waals surface area contributed by atoms with Gasteiger partial charge >= 0.3 is 0 Å². The van der Waals surface area contributed by atoms with E-state index in [0.29, 0.717) is 22.4 Å². The van der Waals surface area contributed by atoms with Gasteiger partial charge in [0.2, 0.25) is 0 Å². The normalized spacial score (nSPS) is 20.7. The van der Waals surface area contributed by atoms with Gasteiger partial charge in [0.05, 0.1) is 16.4 Å². The van der Waals surface area contributed by atoms with Gasteiger partial charge in [0.15, 0.2) is 5.17 Å². The summed E-state index contributed by atoms with van der Waals surface area (Å²) in [7, 11) is 0. The van der Waals surface area contributed by atoms with Crippen molar-refractivity contribution in [2.45, 2.75) is 18.7 Å². The highest BCUT2D eigenvalue weighted by Gasteiger charge is 2.38. The zero-order chi connectivity index (χ0) is 19.0. The lowest BCUT2D eigenvalue weighted by Crippen LogP contribution is -2.29. The van der Waals surface area contributed by atoms with Gasteiger partial charge in [0, 0.05) is 18.0 Å². The van der Waals surface area contributed by atoms with Gasteiger partial charge in [-0.15, -0.1) is 0 Å². The monoisotopic (exact) mass is 415 g/mol. The van der Waals surface area contributed by atoms with Gasteiger partial charge in [-0.1, -0.05) is 47.6 Å². The summed E-state index contributed by atoms with van der Waals surface area (Å²) < 4.78 is 0. The third-order valence-electron chi connectivity index (χ3n) is 4.37. The molecule has 0 aliphatic carbocycles. The molecule has 4 rings (SSSR count). The second kappa shape index (κ2) is 7.62. The molecule has 0 unspecified atom stereocenters. The Balaban J connectivity index is 1.76. The minimum absolute atomic E-state index is 0.00191. The van der Waals surface area contributed by atoms with E-state index in [-0.39, 0.29) is 5.91 Å². The molecule has 2 aliphatic heterocycles. The highest BCUT2D eigenvalue weighted by atomic mass is 35.5. The number of benzene rings is 2. The first-order valence-corrected chi connectivity index (χ1v) is 10.8. The Labute approximate surface area is 172 Å². The van der Waals surface area contributed by atoms with E-state index in [1.54, 1.807) is 22.7 Å². The van der Waals surface area contributed by atoms with Crippen LogP contribution in [0.4, 0.5) is 11.4 Å². The van der Waals surface area contributed by atoms with Crippen LogP contribution in [0, 0.1) is 0 Å². The number of carbonyl (C=O) groups excluding carboxylic acids is 1. The fraction of sp³-hybridized carbons (Fsp3) is 0.200. The number of amides is 1. The molecule has 0 bridgehead atoms. The predicted octanol–water partition coefficient (Wildman–Crippen LogP) is 5.72. The van der Waals surface area contributed by atoms with Gasteiger partial charge in [0.1, 0.15) is 9.93 Å². The maximum Gasteiger partial charge on any atom is 0.269 e. The molecule has 4 nitrogen and oxygen atoms in total. The van der Waals surface area contributed by atoms with Crippen molar-refractivity contribution >= 4 is 57.6 Å². The van der Waals surface area contributed by atoms with Crippen LogP contribution in [0.2, 0.25) is 5.02 Å². The van der Waals surface area contributed by atoms with Crippen LogP contribution in [-0.4, -0.2) is 29.1 Å². The van der Waals surface area contributed by atoms with E-state index < -0.39 is 0 Å². The summed E-state index contributed by atoms with van der Waals surface area (Å²) in [6.07, 6.45) is 0.